The van der Waals surface area contributed by atoms with E-state index in [1.54, 1.807) is 31.2 Å². The molecule has 8 heteroatoms. The zero-order chi connectivity index (χ0) is 18.5. The number of aromatic amines is 1. The van der Waals surface area contributed by atoms with Gasteiger partial charge >= 0.3 is 0 Å². The van der Waals surface area contributed by atoms with Crippen molar-refractivity contribution >= 4 is 11.7 Å². The minimum Gasteiger partial charge on any atom is -0.463 e. The maximum atomic E-state index is 12.0. The number of furan rings is 1. The van der Waals surface area contributed by atoms with Crippen LogP contribution in [0.3, 0.4) is 0 Å². The largest absolute Gasteiger partial charge is 0.463 e. The minimum atomic E-state index is -0.313. The smallest absolute Gasteiger partial charge is 0.252 e. The van der Waals surface area contributed by atoms with E-state index in [2.05, 4.69) is 20.4 Å². The summed E-state index contributed by atoms with van der Waals surface area (Å²) in [5.41, 5.74) is 0.889. The average molecular weight is 353 g/mol. The van der Waals surface area contributed by atoms with E-state index in [1.165, 1.54) is 23.1 Å². The predicted molar refractivity (Wildman–Crippen MR) is 97.1 cm³/mol. The highest BCUT2D eigenvalue weighted by atomic mass is 16.3. The Bertz CT molecular complexity index is 983. The number of aromatic nitrogens is 4. The Balaban J connectivity index is 2.09. The van der Waals surface area contributed by atoms with Gasteiger partial charge in [-0.3, -0.25) is 14.6 Å². The van der Waals surface area contributed by atoms with Crippen LogP contribution < -0.4 is 10.9 Å². The first kappa shape index (κ1) is 17.4. The maximum Gasteiger partial charge on any atom is 0.252 e. The van der Waals surface area contributed by atoms with Gasteiger partial charge in [0.1, 0.15) is 11.5 Å². The molecule has 0 aliphatic rings. The molecule has 26 heavy (non-hydrogen) atoms. The van der Waals surface area contributed by atoms with E-state index < -0.39 is 0 Å². The van der Waals surface area contributed by atoms with Crippen LogP contribution in [0.1, 0.15) is 26.0 Å². The molecule has 0 unspecified atom stereocenters. The molecule has 0 radical (unpaired) electrons. The van der Waals surface area contributed by atoms with Gasteiger partial charge in [0.15, 0.2) is 5.76 Å². The second kappa shape index (κ2) is 7.64. The van der Waals surface area contributed by atoms with Gasteiger partial charge in [0, 0.05) is 17.8 Å². The summed E-state index contributed by atoms with van der Waals surface area (Å²) in [6.07, 6.45) is 6.09. The quantitative estimate of drug-likeness (QED) is 0.663. The molecule has 134 valence electrons. The van der Waals surface area contributed by atoms with Crippen LogP contribution in [0.25, 0.3) is 17.4 Å². The summed E-state index contributed by atoms with van der Waals surface area (Å²) in [5.74, 6) is 0.829. The third kappa shape index (κ3) is 3.80. The van der Waals surface area contributed by atoms with Gasteiger partial charge < -0.3 is 9.73 Å². The molecule has 0 saturated carbocycles. The van der Waals surface area contributed by atoms with E-state index in [0.717, 1.165) is 6.42 Å². The molecule has 3 aromatic rings. The fourth-order valence-corrected chi connectivity index (χ4v) is 2.47. The van der Waals surface area contributed by atoms with E-state index in [4.69, 9.17) is 4.42 Å². The fourth-order valence-electron chi connectivity index (χ4n) is 2.47. The number of hydrogen-bond donors (Lipinski definition) is 2. The maximum absolute atomic E-state index is 12.0. The Labute approximate surface area is 149 Å². The number of carbonyl (C=O) groups is 1. The highest BCUT2D eigenvalue weighted by molar-refractivity contribution is 5.99. The van der Waals surface area contributed by atoms with Gasteiger partial charge in [-0.1, -0.05) is 19.4 Å². The highest BCUT2D eigenvalue weighted by Crippen LogP contribution is 2.24. The first-order chi connectivity index (χ1) is 12.6. The molecule has 3 rings (SSSR count). The van der Waals surface area contributed by atoms with Crippen molar-refractivity contribution < 1.29 is 9.21 Å². The molecule has 0 aliphatic carbocycles. The Hall–Kier alpha value is -3.42. The lowest BCUT2D eigenvalue weighted by atomic mass is 10.2. The topological polar surface area (TPSA) is 106 Å². The van der Waals surface area contributed by atoms with Crippen molar-refractivity contribution in [3.05, 3.63) is 58.7 Å². The summed E-state index contributed by atoms with van der Waals surface area (Å²) in [7, 11) is 0. The van der Waals surface area contributed by atoms with Crippen LogP contribution >= 0.6 is 0 Å². The molecule has 3 aromatic heterocycles. The number of anilines is 1. The number of nitrogens with zero attached hydrogens (tertiary/aromatic N) is 3. The van der Waals surface area contributed by atoms with Crippen molar-refractivity contribution in [2.24, 2.45) is 0 Å². The van der Waals surface area contributed by atoms with Crippen molar-refractivity contribution in [1.29, 1.82) is 0 Å². The second-order valence-corrected chi connectivity index (χ2v) is 5.60. The van der Waals surface area contributed by atoms with Gasteiger partial charge in [-0.25, -0.2) is 4.98 Å². The number of carbonyl (C=O) groups excluding carboxylic acids is 1. The highest BCUT2D eigenvalue weighted by Gasteiger charge is 2.16. The standard InChI is InChI=1S/C18H19N5O3/c1-3-6-12-10-17(25)21-18(19-12)23-15(20-16(24)7-4-2)11-13(22-23)14-8-5-9-26-14/h4-5,7-11H,3,6H2,1-2H3,(H,20,24)(H,19,21,25)/b7-4-. The van der Waals surface area contributed by atoms with Crippen LogP contribution in [-0.2, 0) is 11.2 Å². The van der Waals surface area contributed by atoms with Crippen molar-refractivity contribution in [1.82, 2.24) is 19.7 Å². The third-order valence-corrected chi connectivity index (χ3v) is 3.54. The van der Waals surface area contributed by atoms with Crippen molar-refractivity contribution in [3.63, 3.8) is 0 Å². The normalized spacial score (nSPS) is 11.2. The van der Waals surface area contributed by atoms with Crippen LogP contribution in [0.5, 0.6) is 0 Å². The summed E-state index contributed by atoms with van der Waals surface area (Å²) >= 11 is 0. The minimum absolute atomic E-state index is 0.231. The molecule has 0 saturated heterocycles. The number of nitrogens with one attached hydrogen (secondary N) is 2. The van der Waals surface area contributed by atoms with Gasteiger partial charge in [-0.2, -0.15) is 9.78 Å². The first-order valence-corrected chi connectivity index (χ1v) is 8.29. The molecular formula is C18H19N5O3. The van der Waals surface area contributed by atoms with Crippen LogP contribution in [-0.4, -0.2) is 25.7 Å². The van der Waals surface area contributed by atoms with Crippen molar-refractivity contribution in [3.8, 4) is 17.4 Å². The molecule has 0 spiro atoms. The molecule has 3 heterocycles. The van der Waals surface area contributed by atoms with Crippen molar-refractivity contribution in [2.45, 2.75) is 26.7 Å². The Morgan fingerprint density at radius 3 is 2.96 bits per heavy atom. The molecule has 0 atom stereocenters. The molecule has 0 fully saturated rings. The summed E-state index contributed by atoms with van der Waals surface area (Å²) in [6.45, 7) is 3.76. The lowest BCUT2D eigenvalue weighted by Crippen LogP contribution is -2.18. The van der Waals surface area contributed by atoms with Gasteiger partial charge in [-0.05, 0) is 31.6 Å². The SMILES string of the molecule is C/C=C\C(=O)Nc1cc(-c2ccco2)nn1-c1nc(CCC)cc(=O)[nH]1. The lowest BCUT2D eigenvalue weighted by molar-refractivity contribution is -0.111. The number of allylic oxidation sites excluding steroid dienone is 1. The summed E-state index contributed by atoms with van der Waals surface area (Å²) < 4.78 is 6.76. The Morgan fingerprint density at radius 2 is 2.27 bits per heavy atom. The number of H-pyrrole nitrogens is 1. The van der Waals surface area contributed by atoms with Crippen LogP contribution in [0, 0.1) is 0 Å². The number of aryl methyl sites for hydroxylation is 1. The lowest BCUT2D eigenvalue weighted by Gasteiger charge is -2.07. The zero-order valence-corrected chi connectivity index (χ0v) is 14.5. The van der Waals surface area contributed by atoms with Gasteiger partial charge in [0.05, 0.1) is 6.26 Å². The zero-order valence-electron chi connectivity index (χ0n) is 14.5. The molecule has 1 amide bonds. The van der Waals surface area contributed by atoms with E-state index in [-0.39, 0.29) is 17.4 Å². The van der Waals surface area contributed by atoms with Crippen molar-refractivity contribution in [2.75, 3.05) is 5.32 Å². The van der Waals surface area contributed by atoms with Gasteiger partial charge in [0.2, 0.25) is 11.9 Å². The monoisotopic (exact) mass is 353 g/mol. The van der Waals surface area contributed by atoms with Crippen LogP contribution in [0.4, 0.5) is 5.82 Å². The second-order valence-electron chi connectivity index (χ2n) is 5.60. The summed E-state index contributed by atoms with van der Waals surface area (Å²) in [4.78, 5) is 31.1. The van der Waals surface area contributed by atoms with Crippen LogP contribution in [0.2, 0.25) is 0 Å². The van der Waals surface area contributed by atoms with Gasteiger partial charge in [-0.15, -0.1) is 0 Å². The van der Waals surface area contributed by atoms with Gasteiger partial charge in [0.25, 0.3) is 5.56 Å². The molecule has 0 aliphatic heterocycles. The van der Waals surface area contributed by atoms with E-state index >= 15 is 0 Å². The first-order valence-electron chi connectivity index (χ1n) is 8.29. The Morgan fingerprint density at radius 1 is 1.42 bits per heavy atom. The van der Waals surface area contributed by atoms with E-state index in [9.17, 15) is 9.59 Å². The Kier molecular flexibility index (Phi) is 5.12. The number of amides is 1. The summed E-state index contributed by atoms with van der Waals surface area (Å²) in [5, 5.41) is 7.16. The number of hydrogen-bond acceptors (Lipinski definition) is 5. The molecule has 8 nitrogen and oxygen atoms in total. The van der Waals surface area contributed by atoms with E-state index in [1.807, 2.05) is 6.92 Å². The third-order valence-electron chi connectivity index (χ3n) is 3.54. The molecule has 2 N–H and O–H groups in total. The number of rotatable bonds is 6. The molecular weight excluding hydrogens is 334 g/mol. The average Bonchev–Trinajstić information content (AvgIpc) is 3.24. The molecule has 0 aromatic carbocycles. The van der Waals surface area contributed by atoms with Crippen LogP contribution in [0.15, 0.2) is 51.9 Å². The fraction of sp³-hybridized carbons (Fsp3) is 0.222. The summed E-state index contributed by atoms with van der Waals surface area (Å²) in [6, 6.07) is 6.62. The predicted octanol–water partition coefficient (Wildman–Crippen LogP) is 2.68. The van der Waals surface area contributed by atoms with E-state index in [0.29, 0.717) is 29.4 Å². The molecule has 0 bridgehead atoms.